The Hall–Kier alpha value is -4.67. The van der Waals surface area contributed by atoms with Gasteiger partial charge in [0.25, 0.3) is 0 Å². The van der Waals surface area contributed by atoms with E-state index in [4.69, 9.17) is 36.0 Å². The van der Waals surface area contributed by atoms with Crippen LogP contribution >= 0.6 is 0 Å². The molecule has 314 valence electrons. The molecule has 1 amide bonds. The molecule has 5 N–H and O–H groups in total. The monoisotopic (exact) mass is 816 g/mol. The van der Waals surface area contributed by atoms with E-state index in [1.54, 1.807) is 6.07 Å². The third-order valence-electron chi connectivity index (χ3n) is 12.4. The molecule has 2 aromatic rings. The fourth-order valence-electron chi connectivity index (χ4n) is 9.42. The number of ketones is 1. The van der Waals surface area contributed by atoms with E-state index in [9.17, 15) is 39.6 Å². The van der Waals surface area contributed by atoms with Crippen LogP contribution in [0.2, 0.25) is 0 Å². The van der Waals surface area contributed by atoms with E-state index in [2.05, 4.69) is 0 Å². The summed E-state index contributed by atoms with van der Waals surface area (Å²) in [6.07, 6.45) is -14.1. The van der Waals surface area contributed by atoms with Crippen molar-refractivity contribution in [2.45, 2.75) is 127 Å². The molecule has 11 atom stereocenters. The van der Waals surface area contributed by atoms with E-state index in [1.807, 2.05) is 5.32 Å². The van der Waals surface area contributed by atoms with E-state index in [1.165, 1.54) is 82.3 Å². The molecular weight excluding hydrogens is 754 g/mol. The van der Waals surface area contributed by atoms with Gasteiger partial charge >= 0.3 is 24.0 Å². The summed E-state index contributed by atoms with van der Waals surface area (Å²) in [7, 11) is 0. The lowest BCUT2D eigenvalue weighted by molar-refractivity contribution is -0.346. The van der Waals surface area contributed by atoms with Crippen molar-refractivity contribution in [2.24, 2.45) is 16.7 Å². The fraction of sp³-hybridized carbons (Fsp3) is 0.558. The molecule has 6 rings (SSSR count). The van der Waals surface area contributed by atoms with Gasteiger partial charge in [-0.1, -0.05) is 62.4 Å². The summed E-state index contributed by atoms with van der Waals surface area (Å²) in [4.78, 5) is 69.9. The van der Waals surface area contributed by atoms with Crippen LogP contribution in [0.15, 0.2) is 71.8 Å². The Balaban J connectivity index is 1.46. The first-order chi connectivity index (χ1) is 30.7. The van der Waals surface area contributed by atoms with Crippen molar-refractivity contribution in [2.75, 3.05) is 6.61 Å². The zero-order chi connectivity index (χ0) is 50.2. The first kappa shape index (κ1) is 32.2. The molecule has 4 aliphatic rings. The fourth-order valence-corrected chi connectivity index (χ4v) is 9.42. The number of ether oxygens (including phenoxy) is 5. The van der Waals surface area contributed by atoms with Gasteiger partial charge in [-0.3, -0.25) is 9.59 Å². The summed E-state index contributed by atoms with van der Waals surface area (Å²) < 4.78 is 99.2. The summed E-state index contributed by atoms with van der Waals surface area (Å²) in [5, 5.41) is 51.3. The second-order valence-electron chi connectivity index (χ2n) is 16.1. The van der Waals surface area contributed by atoms with E-state index in [-0.39, 0.29) is 28.7 Å². The van der Waals surface area contributed by atoms with Gasteiger partial charge in [-0.15, -0.1) is 0 Å². The zero-order valence-electron chi connectivity index (χ0n) is 41.4. The molecule has 0 radical (unpaired) electrons. The number of nitrogens with one attached hydrogen (secondary N) is 1. The van der Waals surface area contributed by atoms with E-state index < -0.39 is 140 Å². The maximum atomic E-state index is 15.0. The van der Waals surface area contributed by atoms with Crippen molar-refractivity contribution in [3.05, 3.63) is 82.9 Å². The lowest BCUT2D eigenvalue weighted by Gasteiger charge is -2.67. The second kappa shape index (κ2) is 15.2. The standard InChI is InChI=1S/C43H53NO14/c1-22-26(55-37(51)32(48)30(24-15-11-9-12-16-24)44-38(52)58-39(3,4)5)20-43(53)35(56-36(50)25-17-13-10-14-18-25)33-41(8,34(49)31(47)29(22)40(43,6)7)27(46)19-28-42(33,21-54-28)57-23(2)45/h9-18,26-28,30-33,35,46-48,53H,19-21H2,1-8H3,(H,44,52)/i3D3,4D3,5D3. The summed E-state index contributed by atoms with van der Waals surface area (Å²) in [5.74, 6) is -6.15. The lowest BCUT2D eigenvalue weighted by Crippen LogP contribution is -2.81. The smallest absolute Gasteiger partial charge is 0.408 e. The number of carbonyl (C=O) groups excluding carboxylic acids is 5. The maximum Gasteiger partial charge on any atom is 0.408 e. The molecule has 1 aliphatic heterocycles. The summed E-state index contributed by atoms with van der Waals surface area (Å²) in [6.45, 7) is -5.70. The van der Waals surface area contributed by atoms with Crippen LogP contribution in [-0.2, 0) is 38.1 Å². The van der Waals surface area contributed by atoms with Crippen LogP contribution in [0.1, 0.15) is 102 Å². The van der Waals surface area contributed by atoms with Gasteiger partial charge in [-0.05, 0) is 63.2 Å². The number of hydrogen-bond acceptors (Lipinski definition) is 14. The van der Waals surface area contributed by atoms with Crippen molar-refractivity contribution in [3.8, 4) is 0 Å². The summed E-state index contributed by atoms with van der Waals surface area (Å²) in [6, 6.07) is 12.4. The molecule has 2 bridgehead atoms. The van der Waals surface area contributed by atoms with E-state index in [0.29, 0.717) is 0 Å². The number of rotatable bonds is 8. The van der Waals surface area contributed by atoms with Gasteiger partial charge in [0.05, 0.1) is 35.6 Å². The predicted molar refractivity (Wildman–Crippen MR) is 204 cm³/mol. The molecule has 3 fully saturated rings. The SMILES string of the molecule is [2H]C([2H])([2H])C(OC(=O)NC(c1ccccc1)C(O)C(=O)OC1CC2(O)C(OC(=O)c3ccccc3)C3C4(OC(C)=O)COC4CC(O)C3(C)C(=O)C(O)C(=C1C)C2(C)C)(C([2H])([2H])[2H])C([2H])([2H])[2H]. The molecule has 11 unspecified atom stereocenters. The topological polar surface area (TPSA) is 224 Å². The highest BCUT2D eigenvalue weighted by Gasteiger charge is 2.78. The van der Waals surface area contributed by atoms with Crippen LogP contribution in [0.5, 0.6) is 0 Å². The van der Waals surface area contributed by atoms with Crippen molar-refractivity contribution in [1.82, 2.24) is 5.32 Å². The molecule has 3 aliphatic carbocycles. The lowest BCUT2D eigenvalue weighted by atomic mass is 9.44. The average Bonchev–Trinajstić information content (AvgIpc) is 3.22. The first-order valence-electron chi connectivity index (χ1n) is 23.1. The number of benzene rings is 2. The van der Waals surface area contributed by atoms with Crippen molar-refractivity contribution < 1.29 is 80.4 Å². The molecule has 15 heteroatoms. The van der Waals surface area contributed by atoms with Crippen LogP contribution in [0.25, 0.3) is 0 Å². The Morgan fingerprint density at radius 2 is 1.60 bits per heavy atom. The second-order valence-corrected chi connectivity index (χ2v) is 16.1. The molecule has 15 nitrogen and oxygen atoms in total. The van der Waals surface area contributed by atoms with Gasteiger partial charge in [-0.2, -0.15) is 0 Å². The van der Waals surface area contributed by atoms with Crippen LogP contribution in [0.4, 0.5) is 4.79 Å². The molecule has 0 aromatic heterocycles. The Morgan fingerprint density at radius 3 is 2.17 bits per heavy atom. The van der Waals surface area contributed by atoms with Crippen molar-refractivity contribution in [3.63, 3.8) is 0 Å². The average molecular weight is 817 g/mol. The first-order valence-corrected chi connectivity index (χ1v) is 18.6. The Kier molecular flexibility index (Phi) is 8.43. The van der Waals surface area contributed by atoms with Gasteiger partial charge in [0.15, 0.2) is 17.5 Å². The van der Waals surface area contributed by atoms with Gasteiger partial charge in [-0.25, -0.2) is 14.4 Å². The maximum absolute atomic E-state index is 15.0. The number of fused-ring (bicyclic) bond motifs is 5. The van der Waals surface area contributed by atoms with Gasteiger partial charge in [0.1, 0.15) is 35.6 Å². The van der Waals surface area contributed by atoms with Gasteiger partial charge in [0, 0.05) is 37.5 Å². The molecule has 58 heavy (non-hydrogen) atoms. The number of alkyl carbamates (subject to hydrolysis) is 1. The highest BCUT2D eigenvalue weighted by molar-refractivity contribution is 5.94. The number of carbonyl (C=O) groups is 5. The van der Waals surface area contributed by atoms with Crippen molar-refractivity contribution >= 4 is 29.8 Å². The minimum Gasteiger partial charge on any atom is -0.456 e. The number of esters is 3. The molecule has 1 heterocycles. The van der Waals surface area contributed by atoms with E-state index in [0.717, 1.165) is 6.92 Å². The molecule has 0 spiro atoms. The number of aliphatic hydroxyl groups is 4. The number of hydrogen-bond donors (Lipinski definition) is 5. The highest BCUT2D eigenvalue weighted by atomic mass is 16.6. The number of aliphatic hydroxyl groups excluding tert-OH is 3. The van der Waals surface area contributed by atoms with Crippen LogP contribution in [0.3, 0.4) is 0 Å². The number of amides is 1. The molecule has 1 saturated heterocycles. The van der Waals surface area contributed by atoms with Crippen molar-refractivity contribution in [1.29, 1.82) is 0 Å². The predicted octanol–water partition coefficient (Wildman–Crippen LogP) is 3.26. The van der Waals surface area contributed by atoms with Crippen LogP contribution in [-0.4, -0.2) is 110 Å². The molecular formula is C43H53NO14. The van der Waals surface area contributed by atoms with Gasteiger partial charge < -0.3 is 49.4 Å². The minimum absolute atomic E-state index is 0.0148. The minimum atomic E-state index is -4.10. The Labute approximate surface area is 349 Å². The number of Topliss-reactive ketones (excluding diaryl/α,β-unsaturated/α-hetero) is 1. The quantitative estimate of drug-likeness (QED) is 0.147. The summed E-state index contributed by atoms with van der Waals surface area (Å²) in [5.41, 5.74) is -12.8. The normalized spacial score (nSPS) is 36.6. The van der Waals surface area contributed by atoms with Crippen LogP contribution < -0.4 is 5.32 Å². The van der Waals surface area contributed by atoms with Crippen LogP contribution in [0, 0.1) is 16.7 Å². The highest BCUT2D eigenvalue weighted by Crippen LogP contribution is 2.64. The zero-order valence-corrected chi connectivity index (χ0v) is 32.4. The molecule has 2 saturated carbocycles. The largest absolute Gasteiger partial charge is 0.456 e. The van der Waals surface area contributed by atoms with Gasteiger partial charge in [0.2, 0.25) is 0 Å². The van der Waals surface area contributed by atoms with E-state index >= 15 is 4.79 Å². The third-order valence-corrected chi connectivity index (χ3v) is 12.4. The Morgan fingerprint density at radius 1 is 0.983 bits per heavy atom. The molecule has 2 aromatic carbocycles. The third kappa shape index (κ3) is 7.10. The summed E-state index contributed by atoms with van der Waals surface area (Å²) >= 11 is 0. The Bertz CT molecular complexity index is 2270.